The van der Waals surface area contributed by atoms with E-state index in [2.05, 4.69) is 61.6 Å². The van der Waals surface area contributed by atoms with E-state index in [4.69, 9.17) is 0 Å². The van der Waals surface area contributed by atoms with Crippen molar-refractivity contribution in [2.45, 2.75) is 50.5 Å². The van der Waals surface area contributed by atoms with Gasteiger partial charge in [0.05, 0.1) is 6.04 Å². The van der Waals surface area contributed by atoms with Crippen molar-refractivity contribution in [1.82, 2.24) is 5.32 Å². The van der Waals surface area contributed by atoms with Crippen LogP contribution in [0.15, 0.2) is 47.4 Å². The van der Waals surface area contributed by atoms with Crippen LogP contribution >= 0.6 is 11.8 Å². The molecule has 1 aliphatic carbocycles. The van der Waals surface area contributed by atoms with Gasteiger partial charge in [-0.15, -0.1) is 11.8 Å². The van der Waals surface area contributed by atoms with E-state index in [1.165, 1.54) is 46.4 Å². The van der Waals surface area contributed by atoms with Crippen molar-refractivity contribution in [3.05, 3.63) is 64.7 Å². The van der Waals surface area contributed by atoms with E-state index in [9.17, 15) is 4.79 Å². The number of hydrogen-bond acceptors (Lipinski definition) is 2. The van der Waals surface area contributed by atoms with Gasteiger partial charge in [0.1, 0.15) is 0 Å². The lowest BCUT2D eigenvalue weighted by atomic mass is 10.0. The molecule has 0 fully saturated rings. The van der Waals surface area contributed by atoms with Crippen LogP contribution in [0.3, 0.4) is 0 Å². The highest BCUT2D eigenvalue weighted by molar-refractivity contribution is 7.99. The Hall–Kier alpha value is -1.74. The SMILES string of the molecule is Cc1ccc(SCCC(=O)N[C@@H](C)c2ccc3c(c2)CCC3)cc1. The summed E-state index contributed by atoms with van der Waals surface area (Å²) in [7, 11) is 0. The van der Waals surface area contributed by atoms with E-state index in [0.717, 1.165) is 5.75 Å². The molecule has 1 atom stereocenters. The van der Waals surface area contributed by atoms with Gasteiger partial charge in [0.2, 0.25) is 5.91 Å². The normalized spacial score (nSPS) is 14.2. The highest BCUT2D eigenvalue weighted by atomic mass is 32.2. The van der Waals surface area contributed by atoms with Crippen LogP contribution in [0.4, 0.5) is 0 Å². The maximum absolute atomic E-state index is 12.2. The molecule has 0 bridgehead atoms. The summed E-state index contributed by atoms with van der Waals surface area (Å²) in [5.74, 6) is 0.939. The van der Waals surface area contributed by atoms with Crippen LogP contribution in [0.1, 0.15) is 48.1 Å². The minimum atomic E-state index is 0.0766. The summed E-state index contributed by atoms with van der Waals surface area (Å²) in [4.78, 5) is 13.4. The third-order valence-electron chi connectivity index (χ3n) is 4.62. The monoisotopic (exact) mass is 339 g/mol. The third kappa shape index (κ3) is 4.41. The summed E-state index contributed by atoms with van der Waals surface area (Å²) >= 11 is 1.74. The number of hydrogen-bond donors (Lipinski definition) is 1. The highest BCUT2D eigenvalue weighted by Gasteiger charge is 2.14. The molecule has 0 spiro atoms. The third-order valence-corrected chi connectivity index (χ3v) is 5.63. The maximum atomic E-state index is 12.2. The lowest BCUT2D eigenvalue weighted by Crippen LogP contribution is -2.26. The average Bonchev–Trinajstić information content (AvgIpc) is 3.04. The van der Waals surface area contributed by atoms with Gasteiger partial charge >= 0.3 is 0 Å². The molecule has 24 heavy (non-hydrogen) atoms. The predicted octanol–water partition coefficient (Wildman–Crippen LogP) is 4.84. The van der Waals surface area contributed by atoms with Crippen LogP contribution in [0.2, 0.25) is 0 Å². The first-order valence-corrected chi connectivity index (χ1v) is 9.71. The molecule has 126 valence electrons. The van der Waals surface area contributed by atoms with Gasteiger partial charge in [-0.05, 0) is 61.9 Å². The van der Waals surface area contributed by atoms with Crippen molar-refractivity contribution in [1.29, 1.82) is 0 Å². The smallest absolute Gasteiger partial charge is 0.221 e. The number of nitrogens with one attached hydrogen (secondary N) is 1. The van der Waals surface area contributed by atoms with Gasteiger partial charge in [-0.1, -0.05) is 35.9 Å². The fourth-order valence-electron chi connectivity index (χ4n) is 3.15. The summed E-state index contributed by atoms with van der Waals surface area (Å²) in [6.45, 7) is 4.16. The molecule has 2 aromatic carbocycles. The predicted molar refractivity (Wildman–Crippen MR) is 102 cm³/mol. The zero-order chi connectivity index (χ0) is 16.9. The molecule has 0 heterocycles. The lowest BCUT2D eigenvalue weighted by molar-refractivity contribution is -0.121. The number of thioether (sulfide) groups is 1. The van der Waals surface area contributed by atoms with Gasteiger partial charge in [-0.3, -0.25) is 4.79 Å². The Kier molecular flexibility index (Phi) is 5.62. The molecule has 1 aliphatic rings. The molecule has 0 radical (unpaired) electrons. The summed E-state index contributed by atoms with van der Waals surface area (Å²) in [6, 6.07) is 15.2. The first-order chi connectivity index (χ1) is 11.6. The van der Waals surface area contributed by atoms with Crippen LogP contribution in [0, 0.1) is 6.92 Å². The highest BCUT2D eigenvalue weighted by Crippen LogP contribution is 2.25. The summed E-state index contributed by atoms with van der Waals surface area (Å²) < 4.78 is 0. The van der Waals surface area contributed by atoms with Crippen molar-refractivity contribution in [3.63, 3.8) is 0 Å². The number of carbonyl (C=O) groups is 1. The van der Waals surface area contributed by atoms with Gasteiger partial charge in [0, 0.05) is 17.1 Å². The molecule has 0 aromatic heterocycles. The number of amides is 1. The number of aryl methyl sites for hydroxylation is 3. The van der Waals surface area contributed by atoms with Crippen LogP contribution in [-0.2, 0) is 17.6 Å². The van der Waals surface area contributed by atoms with E-state index in [1.807, 2.05) is 0 Å². The van der Waals surface area contributed by atoms with E-state index in [1.54, 1.807) is 11.8 Å². The fourth-order valence-corrected chi connectivity index (χ4v) is 4.01. The lowest BCUT2D eigenvalue weighted by Gasteiger charge is -2.15. The number of rotatable bonds is 6. The molecule has 0 aliphatic heterocycles. The Morgan fingerprint density at radius 2 is 1.88 bits per heavy atom. The maximum Gasteiger partial charge on any atom is 0.221 e. The van der Waals surface area contributed by atoms with Crippen LogP contribution in [-0.4, -0.2) is 11.7 Å². The van der Waals surface area contributed by atoms with Gasteiger partial charge in [0.25, 0.3) is 0 Å². The Balaban J connectivity index is 1.46. The first-order valence-electron chi connectivity index (χ1n) is 8.72. The second kappa shape index (κ2) is 7.89. The largest absolute Gasteiger partial charge is 0.350 e. The van der Waals surface area contributed by atoms with Gasteiger partial charge in [0.15, 0.2) is 0 Å². The Bertz CT molecular complexity index is 708. The second-order valence-electron chi connectivity index (χ2n) is 6.58. The zero-order valence-corrected chi connectivity index (χ0v) is 15.3. The fraction of sp³-hybridized carbons (Fsp3) is 0.381. The van der Waals surface area contributed by atoms with Crippen molar-refractivity contribution in [3.8, 4) is 0 Å². The topological polar surface area (TPSA) is 29.1 Å². The molecule has 1 N–H and O–H groups in total. The average molecular weight is 340 g/mol. The van der Waals surface area contributed by atoms with Crippen molar-refractivity contribution < 1.29 is 4.79 Å². The van der Waals surface area contributed by atoms with Crippen LogP contribution < -0.4 is 5.32 Å². The second-order valence-corrected chi connectivity index (χ2v) is 7.75. The quantitative estimate of drug-likeness (QED) is 0.763. The molecule has 3 rings (SSSR count). The molecular weight excluding hydrogens is 314 g/mol. The molecule has 2 nitrogen and oxygen atoms in total. The van der Waals surface area contributed by atoms with Crippen LogP contribution in [0.5, 0.6) is 0 Å². The van der Waals surface area contributed by atoms with E-state index >= 15 is 0 Å². The number of benzene rings is 2. The van der Waals surface area contributed by atoms with Gasteiger partial charge < -0.3 is 5.32 Å². The summed E-state index contributed by atoms with van der Waals surface area (Å²) in [5.41, 5.74) is 5.42. The zero-order valence-electron chi connectivity index (χ0n) is 14.5. The minimum absolute atomic E-state index is 0.0766. The summed E-state index contributed by atoms with van der Waals surface area (Å²) in [6.07, 6.45) is 4.19. The number of fused-ring (bicyclic) bond motifs is 1. The number of carbonyl (C=O) groups excluding carboxylic acids is 1. The molecule has 0 saturated carbocycles. The van der Waals surface area contributed by atoms with Crippen molar-refractivity contribution in [2.75, 3.05) is 5.75 Å². The Morgan fingerprint density at radius 3 is 2.67 bits per heavy atom. The van der Waals surface area contributed by atoms with Gasteiger partial charge in [-0.25, -0.2) is 0 Å². The molecule has 3 heteroatoms. The molecule has 2 aromatic rings. The van der Waals surface area contributed by atoms with E-state index < -0.39 is 0 Å². The van der Waals surface area contributed by atoms with Crippen molar-refractivity contribution in [2.24, 2.45) is 0 Å². The minimum Gasteiger partial charge on any atom is -0.350 e. The van der Waals surface area contributed by atoms with Crippen molar-refractivity contribution >= 4 is 17.7 Å². The Labute approximate surface area is 149 Å². The molecule has 0 saturated heterocycles. The summed E-state index contributed by atoms with van der Waals surface area (Å²) in [5, 5.41) is 3.13. The van der Waals surface area contributed by atoms with E-state index in [0.29, 0.717) is 6.42 Å². The van der Waals surface area contributed by atoms with Crippen LogP contribution in [0.25, 0.3) is 0 Å². The standard InChI is InChI=1S/C21H25NOS/c1-15-6-10-20(11-7-15)24-13-12-21(23)22-16(2)18-9-8-17-4-3-5-19(17)14-18/h6-11,14,16H,3-5,12-13H2,1-2H3,(H,22,23)/t16-/m0/s1. The Morgan fingerprint density at radius 1 is 1.12 bits per heavy atom. The van der Waals surface area contributed by atoms with Gasteiger partial charge in [-0.2, -0.15) is 0 Å². The molecular formula is C21H25NOS. The first kappa shape index (κ1) is 17.1. The van der Waals surface area contributed by atoms with E-state index in [-0.39, 0.29) is 11.9 Å². The molecule has 0 unspecified atom stereocenters. The molecule has 1 amide bonds.